The van der Waals surface area contributed by atoms with Crippen molar-refractivity contribution in [3.05, 3.63) is 56.0 Å². The van der Waals surface area contributed by atoms with Gasteiger partial charge in [-0.1, -0.05) is 6.07 Å². The topological polar surface area (TPSA) is 87.3 Å². The molecule has 0 unspecified atom stereocenters. The van der Waals surface area contributed by atoms with Crippen molar-refractivity contribution in [2.75, 3.05) is 6.61 Å². The summed E-state index contributed by atoms with van der Waals surface area (Å²) in [6.45, 7) is 5.04. The van der Waals surface area contributed by atoms with Gasteiger partial charge in [-0.05, 0) is 32.9 Å². The van der Waals surface area contributed by atoms with Crippen molar-refractivity contribution < 1.29 is 18.8 Å². The summed E-state index contributed by atoms with van der Waals surface area (Å²) in [7, 11) is 0. The first kappa shape index (κ1) is 18.0. The maximum atomic E-state index is 14.4. The van der Waals surface area contributed by atoms with Gasteiger partial charge in [-0.15, -0.1) is 11.3 Å². The van der Waals surface area contributed by atoms with E-state index in [2.05, 4.69) is 5.10 Å². The molecule has 2 heterocycles. The van der Waals surface area contributed by atoms with Crippen LogP contribution in [0.5, 0.6) is 0 Å². The van der Waals surface area contributed by atoms with E-state index >= 15 is 0 Å². The van der Waals surface area contributed by atoms with Crippen LogP contribution < -0.4 is 0 Å². The largest absolute Gasteiger partial charge is 0.462 e. The van der Waals surface area contributed by atoms with Gasteiger partial charge < -0.3 is 4.74 Å². The van der Waals surface area contributed by atoms with Gasteiger partial charge in [0, 0.05) is 15.6 Å². The summed E-state index contributed by atoms with van der Waals surface area (Å²) in [4.78, 5) is 23.3. The summed E-state index contributed by atoms with van der Waals surface area (Å²) in [6, 6.07) is 4.61. The molecule has 0 aliphatic heterocycles. The SMILES string of the molecule is CCOC(=O)c1sc2cccc(F)c2c1Cn1nc(C)c([N+](=O)[O-])c1C. The highest BCUT2D eigenvalue weighted by Gasteiger charge is 2.26. The Labute approximate surface area is 152 Å². The summed E-state index contributed by atoms with van der Waals surface area (Å²) < 4.78 is 21.6. The molecule has 9 heteroatoms. The lowest BCUT2D eigenvalue weighted by atomic mass is 10.1. The number of aromatic nitrogens is 2. The Morgan fingerprint density at radius 2 is 2.15 bits per heavy atom. The zero-order valence-electron chi connectivity index (χ0n) is 14.4. The van der Waals surface area contributed by atoms with Crippen molar-refractivity contribution in [1.29, 1.82) is 0 Å². The highest BCUT2D eigenvalue weighted by Crippen LogP contribution is 2.35. The van der Waals surface area contributed by atoms with E-state index in [1.165, 1.54) is 10.7 Å². The van der Waals surface area contributed by atoms with Crippen LogP contribution in [0.3, 0.4) is 0 Å². The number of nitro groups is 1. The molecule has 3 rings (SSSR count). The van der Waals surface area contributed by atoms with Gasteiger partial charge in [-0.3, -0.25) is 14.8 Å². The molecule has 136 valence electrons. The predicted molar refractivity (Wildman–Crippen MR) is 95.2 cm³/mol. The Morgan fingerprint density at radius 3 is 2.77 bits per heavy atom. The van der Waals surface area contributed by atoms with Crippen LogP contribution in [0.2, 0.25) is 0 Å². The van der Waals surface area contributed by atoms with Gasteiger partial charge in [0.2, 0.25) is 0 Å². The maximum Gasteiger partial charge on any atom is 0.348 e. The number of nitrogens with zero attached hydrogens (tertiary/aromatic N) is 3. The number of fused-ring (bicyclic) bond motifs is 1. The predicted octanol–water partition coefficient (Wildman–Crippen LogP) is 3.99. The maximum absolute atomic E-state index is 14.4. The zero-order valence-corrected chi connectivity index (χ0v) is 15.2. The minimum Gasteiger partial charge on any atom is -0.462 e. The first-order valence-electron chi connectivity index (χ1n) is 7.90. The molecule has 0 atom stereocenters. The molecule has 0 aliphatic rings. The van der Waals surface area contributed by atoms with E-state index in [9.17, 15) is 19.3 Å². The molecule has 0 aliphatic carbocycles. The summed E-state index contributed by atoms with van der Waals surface area (Å²) in [5.74, 6) is -1.00. The van der Waals surface area contributed by atoms with Crippen LogP contribution in [0.1, 0.15) is 33.5 Å². The number of ether oxygens (including phenoxy) is 1. The van der Waals surface area contributed by atoms with Gasteiger partial charge in [0.15, 0.2) is 0 Å². The fourth-order valence-electron chi connectivity index (χ4n) is 2.94. The molecular weight excluding hydrogens is 361 g/mol. The van der Waals surface area contributed by atoms with Gasteiger partial charge in [0.05, 0.1) is 18.1 Å². The zero-order chi connectivity index (χ0) is 19.0. The van der Waals surface area contributed by atoms with E-state index in [-0.39, 0.29) is 29.4 Å². The van der Waals surface area contributed by atoms with Crippen LogP contribution >= 0.6 is 11.3 Å². The van der Waals surface area contributed by atoms with Crippen LogP contribution in [0.4, 0.5) is 10.1 Å². The summed E-state index contributed by atoms with van der Waals surface area (Å²) >= 11 is 1.14. The normalized spacial score (nSPS) is 11.1. The highest BCUT2D eigenvalue weighted by molar-refractivity contribution is 7.21. The van der Waals surface area contributed by atoms with Gasteiger partial charge >= 0.3 is 11.7 Å². The monoisotopic (exact) mass is 377 g/mol. The fraction of sp³-hybridized carbons (Fsp3) is 0.294. The molecule has 0 N–H and O–H groups in total. The number of thiophene rings is 1. The van der Waals surface area contributed by atoms with Crippen LogP contribution in [-0.2, 0) is 11.3 Å². The lowest BCUT2D eigenvalue weighted by molar-refractivity contribution is -0.386. The second kappa shape index (κ2) is 6.83. The molecule has 0 radical (unpaired) electrons. The Bertz CT molecular complexity index is 1020. The van der Waals surface area contributed by atoms with E-state index in [1.54, 1.807) is 32.9 Å². The summed E-state index contributed by atoms with van der Waals surface area (Å²) in [5, 5.41) is 15.7. The lowest BCUT2D eigenvalue weighted by Crippen LogP contribution is -2.10. The lowest BCUT2D eigenvalue weighted by Gasteiger charge is -2.07. The molecule has 26 heavy (non-hydrogen) atoms. The number of carbonyl (C=O) groups excluding carboxylic acids is 1. The number of hydrogen-bond acceptors (Lipinski definition) is 6. The average Bonchev–Trinajstić information content (AvgIpc) is 3.07. The first-order chi connectivity index (χ1) is 12.3. The van der Waals surface area contributed by atoms with Crippen molar-refractivity contribution in [1.82, 2.24) is 9.78 Å². The number of aryl methyl sites for hydroxylation is 1. The number of hydrogen-bond donors (Lipinski definition) is 0. The van der Waals surface area contributed by atoms with E-state index < -0.39 is 16.7 Å². The number of halogens is 1. The molecule has 0 fully saturated rings. The molecule has 3 aromatic rings. The van der Waals surface area contributed by atoms with E-state index in [0.717, 1.165) is 11.3 Å². The third-order valence-electron chi connectivity index (χ3n) is 4.06. The third-order valence-corrected chi connectivity index (χ3v) is 5.24. The second-order valence-corrected chi connectivity index (χ2v) is 6.73. The van der Waals surface area contributed by atoms with Crippen LogP contribution in [0.15, 0.2) is 18.2 Å². The number of rotatable bonds is 5. The van der Waals surface area contributed by atoms with Gasteiger partial charge in [0.1, 0.15) is 22.1 Å². The molecule has 2 aromatic heterocycles. The summed E-state index contributed by atoms with van der Waals surface area (Å²) in [6.07, 6.45) is 0. The minimum atomic E-state index is -0.542. The highest BCUT2D eigenvalue weighted by atomic mass is 32.1. The number of benzene rings is 1. The van der Waals surface area contributed by atoms with E-state index in [4.69, 9.17) is 4.74 Å². The Kier molecular flexibility index (Phi) is 4.73. The van der Waals surface area contributed by atoms with Crippen molar-refractivity contribution in [2.45, 2.75) is 27.3 Å². The molecule has 0 bridgehead atoms. The first-order valence-corrected chi connectivity index (χ1v) is 8.72. The number of esters is 1. The van der Waals surface area contributed by atoms with Gasteiger partial charge in [-0.25, -0.2) is 9.18 Å². The number of carbonyl (C=O) groups is 1. The van der Waals surface area contributed by atoms with E-state index in [0.29, 0.717) is 21.3 Å². The van der Waals surface area contributed by atoms with Gasteiger partial charge in [-0.2, -0.15) is 5.10 Å². The summed E-state index contributed by atoms with van der Waals surface area (Å²) in [5.41, 5.74) is 0.952. The standard InChI is InChI=1S/C17H16FN3O4S/c1-4-25-17(22)16-11(14-12(18)6-5-7-13(14)26-16)8-20-10(3)15(21(23)24)9(2)19-20/h5-7H,4,8H2,1-3H3. The Hall–Kier alpha value is -2.81. The van der Waals surface area contributed by atoms with Crippen molar-refractivity contribution >= 4 is 33.1 Å². The fourth-order valence-corrected chi connectivity index (χ4v) is 4.06. The van der Waals surface area contributed by atoms with Crippen molar-refractivity contribution in [3.63, 3.8) is 0 Å². The molecule has 0 amide bonds. The second-order valence-electron chi connectivity index (χ2n) is 5.68. The van der Waals surface area contributed by atoms with Crippen molar-refractivity contribution in [3.8, 4) is 0 Å². The van der Waals surface area contributed by atoms with Crippen molar-refractivity contribution in [2.24, 2.45) is 0 Å². The van der Waals surface area contributed by atoms with Crippen LogP contribution in [0.25, 0.3) is 10.1 Å². The van der Waals surface area contributed by atoms with Gasteiger partial charge in [0.25, 0.3) is 0 Å². The molecule has 7 nitrogen and oxygen atoms in total. The molecule has 0 saturated heterocycles. The smallest absolute Gasteiger partial charge is 0.348 e. The molecule has 1 aromatic carbocycles. The molecular formula is C17H16FN3O4S. The molecule has 0 spiro atoms. The molecule has 0 saturated carbocycles. The van der Waals surface area contributed by atoms with E-state index in [1.807, 2.05) is 0 Å². The average molecular weight is 377 g/mol. The Balaban J connectivity index is 2.18. The minimum absolute atomic E-state index is 0.0373. The Morgan fingerprint density at radius 1 is 1.42 bits per heavy atom. The van der Waals surface area contributed by atoms with Crippen LogP contribution in [0, 0.1) is 29.8 Å². The van der Waals surface area contributed by atoms with Crippen LogP contribution in [-0.4, -0.2) is 27.3 Å². The third kappa shape index (κ3) is 2.94. The quantitative estimate of drug-likeness (QED) is 0.381.